The van der Waals surface area contributed by atoms with Crippen molar-refractivity contribution in [3.63, 3.8) is 0 Å². The van der Waals surface area contributed by atoms with Gasteiger partial charge in [0.05, 0.1) is 34.5 Å². The fourth-order valence-electron chi connectivity index (χ4n) is 2.85. The molecule has 0 unspecified atom stereocenters. The summed E-state index contributed by atoms with van der Waals surface area (Å²) < 4.78 is 30.8. The number of thioether (sulfide) groups is 1. The van der Waals surface area contributed by atoms with Crippen molar-refractivity contribution in [2.24, 2.45) is 0 Å². The van der Waals surface area contributed by atoms with Gasteiger partial charge < -0.3 is 9.64 Å². The Morgan fingerprint density at radius 3 is 2.48 bits per heavy atom. The Bertz CT molecular complexity index is 989. The first kappa shape index (κ1) is 21.3. The van der Waals surface area contributed by atoms with E-state index in [9.17, 15) is 23.3 Å². The highest BCUT2D eigenvalue weighted by Crippen LogP contribution is 2.29. The second-order valence-corrected chi connectivity index (χ2v) is 9.48. The first-order valence-corrected chi connectivity index (χ1v) is 11.5. The Morgan fingerprint density at radius 2 is 1.83 bits per heavy atom. The number of carbonyl (C=O) groups is 1. The molecule has 8 nitrogen and oxygen atoms in total. The van der Waals surface area contributed by atoms with Crippen molar-refractivity contribution in [1.29, 1.82) is 0 Å². The van der Waals surface area contributed by atoms with Crippen molar-refractivity contribution in [1.82, 2.24) is 4.90 Å². The van der Waals surface area contributed by atoms with E-state index in [1.807, 2.05) is 0 Å². The van der Waals surface area contributed by atoms with Crippen LogP contribution in [-0.4, -0.2) is 56.2 Å². The molecular weight excluding hydrogens is 416 g/mol. The van der Waals surface area contributed by atoms with Gasteiger partial charge in [0.2, 0.25) is 5.91 Å². The lowest BCUT2D eigenvalue weighted by molar-refractivity contribution is -0.385. The molecule has 0 saturated carbocycles. The minimum absolute atomic E-state index is 0.0688. The summed E-state index contributed by atoms with van der Waals surface area (Å²) in [6.07, 6.45) is 0. The van der Waals surface area contributed by atoms with Crippen molar-refractivity contribution < 1.29 is 22.9 Å². The highest BCUT2D eigenvalue weighted by molar-refractivity contribution is 8.00. The molecule has 0 N–H and O–H groups in total. The third-order valence-electron chi connectivity index (χ3n) is 4.36. The van der Waals surface area contributed by atoms with Gasteiger partial charge in [0.25, 0.3) is 5.69 Å². The second kappa shape index (κ2) is 9.38. The molecular formula is C19H20N2O6S2. The van der Waals surface area contributed by atoms with Gasteiger partial charge in [0.15, 0.2) is 9.84 Å². The summed E-state index contributed by atoms with van der Waals surface area (Å²) in [7, 11) is -3.78. The monoisotopic (exact) mass is 436 g/mol. The standard InChI is InChI=1S/C19H20N2O6S2/c22-19(20-6-8-27-9-7-20)13-28-17-10-16(21(23)24)11-18(12-17)29(25,26)14-15-4-2-1-3-5-15/h1-5,10-12H,6-9,13-14H2. The van der Waals surface area contributed by atoms with Crippen LogP contribution in [0.25, 0.3) is 0 Å². The number of nitrogens with zero attached hydrogens (tertiary/aromatic N) is 2. The molecule has 0 atom stereocenters. The smallest absolute Gasteiger partial charge is 0.271 e. The highest BCUT2D eigenvalue weighted by atomic mass is 32.2. The SMILES string of the molecule is O=C(CSc1cc([N+](=O)[O-])cc(S(=O)(=O)Cc2ccccc2)c1)N1CCOCC1. The van der Waals surface area contributed by atoms with E-state index >= 15 is 0 Å². The number of rotatable bonds is 7. The van der Waals surface area contributed by atoms with E-state index in [-0.39, 0.29) is 28.0 Å². The normalized spacial score (nSPS) is 14.6. The molecule has 3 rings (SSSR count). The van der Waals surface area contributed by atoms with Crippen LogP contribution >= 0.6 is 11.8 Å². The summed E-state index contributed by atoms with van der Waals surface area (Å²) in [5.74, 6) is -0.302. The molecule has 10 heteroatoms. The van der Waals surface area contributed by atoms with Gasteiger partial charge in [-0.25, -0.2) is 8.42 Å². The van der Waals surface area contributed by atoms with Gasteiger partial charge in [-0.1, -0.05) is 30.3 Å². The van der Waals surface area contributed by atoms with E-state index in [1.54, 1.807) is 35.2 Å². The summed E-state index contributed by atoms with van der Waals surface area (Å²) >= 11 is 1.09. The van der Waals surface area contributed by atoms with Crippen LogP contribution in [0.3, 0.4) is 0 Å². The summed E-state index contributed by atoms with van der Waals surface area (Å²) in [5, 5.41) is 11.3. The molecule has 0 radical (unpaired) electrons. The van der Waals surface area contributed by atoms with E-state index < -0.39 is 14.8 Å². The van der Waals surface area contributed by atoms with E-state index in [0.717, 1.165) is 17.8 Å². The summed E-state index contributed by atoms with van der Waals surface area (Å²) in [6.45, 7) is 1.97. The third kappa shape index (κ3) is 5.78. The van der Waals surface area contributed by atoms with Crippen LogP contribution in [0.5, 0.6) is 0 Å². The number of nitro groups is 1. The largest absolute Gasteiger partial charge is 0.378 e. The Balaban J connectivity index is 1.80. The van der Waals surface area contributed by atoms with Gasteiger partial charge in [-0.05, 0) is 11.6 Å². The van der Waals surface area contributed by atoms with E-state index in [4.69, 9.17) is 4.74 Å². The van der Waals surface area contributed by atoms with Crippen LogP contribution in [-0.2, 0) is 25.1 Å². The maximum Gasteiger partial charge on any atom is 0.271 e. The van der Waals surface area contributed by atoms with Gasteiger partial charge in [0, 0.05) is 30.1 Å². The maximum absolute atomic E-state index is 12.8. The number of sulfone groups is 1. The lowest BCUT2D eigenvalue weighted by atomic mass is 10.2. The zero-order valence-corrected chi connectivity index (χ0v) is 17.2. The molecule has 2 aromatic carbocycles. The summed E-state index contributed by atoms with van der Waals surface area (Å²) in [4.78, 5) is 24.9. The summed E-state index contributed by atoms with van der Waals surface area (Å²) in [6, 6.07) is 12.4. The maximum atomic E-state index is 12.8. The molecule has 0 bridgehead atoms. The van der Waals surface area contributed by atoms with Crippen LogP contribution in [0.1, 0.15) is 5.56 Å². The second-order valence-electron chi connectivity index (χ2n) is 6.45. The third-order valence-corrected chi connectivity index (χ3v) is 6.99. The Kier molecular flexibility index (Phi) is 6.88. The van der Waals surface area contributed by atoms with Gasteiger partial charge in [-0.2, -0.15) is 0 Å². The molecule has 2 aromatic rings. The molecule has 1 saturated heterocycles. The molecule has 0 aromatic heterocycles. The topological polar surface area (TPSA) is 107 Å². The van der Waals surface area contributed by atoms with Crippen molar-refractivity contribution in [3.05, 3.63) is 64.2 Å². The molecule has 154 valence electrons. The predicted molar refractivity (Wildman–Crippen MR) is 109 cm³/mol. The van der Waals surface area contributed by atoms with Crippen molar-refractivity contribution >= 4 is 33.2 Å². The quantitative estimate of drug-likeness (QED) is 0.373. The number of benzene rings is 2. The molecule has 0 aliphatic carbocycles. The van der Waals surface area contributed by atoms with Gasteiger partial charge in [0.1, 0.15) is 0 Å². The molecule has 1 aliphatic rings. The number of nitro benzene ring substituents is 1. The number of morpholine rings is 1. The van der Waals surface area contributed by atoms with Gasteiger partial charge >= 0.3 is 0 Å². The number of carbonyl (C=O) groups excluding carboxylic acids is 1. The van der Waals surface area contributed by atoms with E-state index in [0.29, 0.717) is 36.8 Å². The van der Waals surface area contributed by atoms with E-state index in [2.05, 4.69) is 0 Å². The van der Waals surface area contributed by atoms with Crippen LogP contribution < -0.4 is 0 Å². The Hall–Kier alpha value is -2.43. The van der Waals surface area contributed by atoms with Crippen LogP contribution in [0, 0.1) is 10.1 Å². The number of hydrogen-bond donors (Lipinski definition) is 0. The molecule has 0 spiro atoms. The average Bonchev–Trinajstić information content (AvgIpc) is 2.73. The molecule has 1 heterocycles. The zero-order valence-electron chi connectivity index (χ0n) is 15.5. The number of hydrogen-bond acceptors (Lipinski definition) is 7. The average molecular weight is 437 g/mol. The van der Waals surface area contributed by atoms with Crippen molar-refractivity contribution in [3.8, 4) is 0 Å². The van der Waals surface area contributed by atoms with E-state index in [1.165, 1.54) is 12.1 Å². The molecule has 1 amide bonds. The fraction of sp³-hybridized carbons (Fsp3) is 0.316. The predicted octanol–water partition coefficient (Wildman–Crippen LogP) is 2.52. The fourth-order valence-corrected chi connectivity index (χ4v) is 5.22. The Morgan fingerprint density at radius 1 is 1.14 bits per heavy atom. The highest BCUT2D eigenvalue weighted by Gasteiger charge is 2.22. The lowest BCUT2D eigenvalue weighted by Gasteiger charge is -2.26. The number of ether oxygens (including phenoxy) is 1. The lowest BCUT2D eigenvalue weighted by Crippen LogP contribution is -2.41. The van der Waals surface area contributed by atoms with Crippen molar-refractivity contribution in [2.75, 3.05) is 32.1 Å². The van der Waals surface area contributed by atoms with Crippen LogP contribution in [0.15, 0.2) is 58.3 Å². The minimum Gasteiger partial charge on any atom is -0.378 e. The number of amides is 1. The van der Waals surface area contributed by atoms with Gasteiger partial charge in [-0.3, -0.25) is 14.9 Å². The van der Waals surface area contributed by atoms with Crippen LogP contribution in [0.2, 0.25) is 0 Å². The molecule has 29 heavy (non-hydrogen) atoms. The molecule has 1 aliphatic heterocycles. The molecule has 1 fully saturated rings. The van der Waals surface area contributed by atoms with Crippen LogP contribution in [0.4, 0.5) is 5.69 Å². The van der Waals surface area contributed by atoms with Gasteiger partial charge in [-0.15, -0.1) is 11.8 Å². The Labute approximate surface area is 172 Å². The zero-order chi connectivity index (χ0) is 20.9. The first-order valence-electron chi connectivity index (χ1n) is 8.90. The summed E-state index contributed by atoms with van der Waals surface area (Å²) in [5.41, 5.74) is 0.274. The first-order chi connectivity index (χ1) is 13.8. The number of non-ortho nitro benzene ring substituents is 1. The van der Waals surface area contributed by atoms with Crippen molar-refractivity contribution in [2.45, 2.75) is 15.5 Å². The minimum atomic E-state index is -3.78.